The zero-order chi connectivity index (χ0) is 26.0. The van der Waals surface area contributed by atoms with Gasteiger partial charge >= 0.3 is 5.97 Å². The van der Waals surface area contributed by atoms with Crippen molar-refractivity contribution in [3.63, 3.8) is 0 Å². The van der Waals surface area contributed by atoms with E-state index in [1.807, 2.05) is 24.3 Å². The molecule has 0 saturated heterocycles. The summed E-state index contributed by atoms with van der Waals surface area (Å²) in [6.07, 6.45) is 3.04. The number of hydrogen-bond acceptors (Lipinski definition) is 13. The van der Waals surface area contributed by atoms with E-state index in [1.165, 1.54) is 11.3 Å². The Balaban J connectivity index is 1.50. The van der Waals surface area contributed by atoms with Crippen LogP contribution < -0.4 is 15.8 Å². The second-order valence-corrected chi connectivity index (χ2v) is 8.81. The number of ether oxygens (including phenoxy) is 1. The van der Waals surface area contributed by atoms with Crippen molar-refractivity contribution in [1.82, 2.24) is 41.0 Å². The van der Waals surface area contributed by atoms with Gasteiger partial charge < -0.3 is 15.2 Å². The number of nitrogens with zero attached hydrogens (tertiary/aromatic N) is 7. The largest absolute Gasteiger partial charge is 0.462 e. The number of hydrazine groups is 1. The highest BCUT2D eigenvalue weighted by Crippen LogP contribution is 2.29. The minimum absolute atomic E-state index is 0.108. The number of hydrogen-bond donors (Lipinski definition) is 4. The molecule has 4 rings (SSSR count). The van der Waals surface area contributed by atoms with E-state index in [-0.39, 0.29) is 13.2 Å². The molecule has 0 unspecified atom stereocenters. The van der Waals surface area contributed by atoms with E-state index in [2.05, 4.69) is 46.3 Å². The molecular weight excluding hydrogens is 496 g/mol. The van der Waals surface area contributed by atoms with Gasteiger partial charge in [0.1, 0.15) is 10.7 Å². The topological polar surface area (TPSA) is 167 Å². The highest BCUT2D eigenvalue weighted by Gasteiger charge is 2.22. The number of carbonyl (C=O) groups excluding carboxylic acids is 1. The summed E-state index contributed by atoms with van der Waals surface area (Å²) in [7, 11) is 0. The third kappa shape index (κ3) is 6.81. The number of aromatic amines is 1. The van der Waals surface area contributed by atoms with Gasteiger partial charge in [-0.05, 0) is 43.5 Å². The Morgan fingerprint density at radius 1 is 1.19 bits per heavy atom. The normalized spacial score (nSPS) is 10.9. The standard InChI is InChI=1S/C23H28N10O3S/c1-3-36-21(35)19-15(2)27-23(37-19)33(26-11-4-5-13-34)22-24-12-10-18(28-22)25-14-16-6-8-17(9-7-16)20-29-31-32-30-20/h6-10,12,26,34H,3-5,11,13-14H2,1-2H3,(H,24,25,28)(H,29,30,31,32). The molecule has 3 heterocycles. The molecule has 1 aromatic carbocycles. The number of unbranched alkanes of at least 4 members (excludes halogenated alkanes) is 1. The number of carbonyl (C=O) groups is 1. The maximum Gasteiger partial charge on any atom is 0.350 e. The summed E-state index contributed by atoms with van der Waals surface area (Å²) in [6, 6.07) is 9.59. The number of anilines is 3. The maximum absolute atomic E-state index is 12.3. The van der Waals surface area contributed by atoms with Crippen molar-refractivity contribution in [3.05, 3.63) is 52.7 Å². The zero-order valence-electron chi connectivity index (χ0n) is 20.5. The summed E-state index contributed by atoms with van der Waals surface area (Å²) in [4.78, 5) is 26.4. The number of thiazole rings is 1. The fourth-order valence-electron chi connectivity index (χ4n) is 3.32. The van der Waals surface area contributed by atoms with Crippen LogP contribution in [0.3, 0.4) is 0 Å². The molecule has 0 amide bonds. The van der Waals surface area contributed by atoms with Crippen molar-refractivity contribution in [2.24, 2.45) is 0 Å². The molecule has 0 atom stereocenters. The summed E-state index contributed by atoms with van der Waals surface area (Å²) in [5, 5.41) is 28.6. The van der Waals surface area contributed by atoms with E-state index in [9.17, 15) is 4.79 Å². The fourth-order valence-corrected chi connectivity index (χ4v) is 4.26. The number of tetrazole rings is 1. The van der Waals surface area contributed by atoms with Crippen molar-refractivity contribution >= 4 is 34.2 Å². The first-order valence-corrected chi connectivity index (χ1v) is 12.6. The molecule has 0 aliphatic heterocycles. The van der Waals surface area contributed by atoms with Gasteiger partial charge in [-0.25, -0.2) is 25.2 Å². The lowest BCUT2D eigenvalue weighted by Gasteiger charge is -2.21. The van der Waals surface area contributed by atoms with Crippen LogP contribution in [-0.2, 0) is 11.3 Å². The summed E-state index contributed by atoms with van der Waals surface area (Å²) < 4.78 is 5.15. The number of aliphatic hydroxyl groups is 1. The van der Waals surface area contributed by atoms with Crippen LogP contribution in [0.15, 0.2) is 36.5 Å². The predicted molar refractivity (Wildman–Crippen MR) is 138 cm³/mol. The molecule has 37 heavy (non-hydrogen) atoms. The Bertz CT molecular complexity index is 1280. The third-order valence-electron chi connectivity index (χ3n) is 5.17. The van der Waals surface area contributed by atoms with Gasteiger partial charge in [0.2, 0.25) is 16.9 Å². The van der Waals surface area contributed by atoms with Gasteiger partial charge in [0, 0.05) is 31.5 Å². The Kier molecular flexibility index (Phi) is 9.02. The molecule has 14 heteroatoms. The SMILES string of the molecule is CCOC(=O)c1sc(N(NCCCCO)c2nccc(NCc3ccc(-c4nn[nH]n4)cc3)n2)nc1C. The number of aromatic nitrogens is 7. The van der Waals surface area contributed by atoms with E-state index < -0.39 is 5.97 Å². The van der Waals surface area contributed by atoms with Gasteiger partial charge in [0.15, 0.2) is 0 Å². The number of aliphatic hydroxyl groups excluding tert-OH is 1. The molecule has 4 aromatic rings. The minimum Gasteiger partial charge on any atom is -0.462 e. The molecule has 0 bridgehead atoms. The van der Waals surface area contributed by atoms with Crippen LogP contribution in [0.1, 0.15) is 40.7 Å². The molecule has 0 saturated carbocycles. The van der Waals surface area contributed by atoms with E-state index in [4.69, 9.17) is 9.84 Å². The van der Waals surface area contributed by atoms with Crippen LogP contribution in [0.25, 0.3) is 11.4 Å². The highest BCUT2D eigenvalue weighted by atomic mass is 32.1. The molecule has 3 aromatic heterocycles. The van der Waals surface area contributed by atoms with Crippen molar-refractivity contribution < 1.29 is 14.6 Å². The van der Waals surface area contributed by atoms with Gasteiger partial charge in [0.05, 0.1) is 12.3 Å². The van der Waals surface area contributed by atoms with Crippen LogP contribution in [0, 0.1) is 6.92 Å². The summed E-state index contributed by atoms with van der Waals surface area (Å²) in [6.45, 7) is 5.01. The molecular formula is C23H28N10O3S. The molecule has 4 N–H and O–H groups in total. The van der Waals surface area contributed by atoms with Crippen LogP contribution in [0.4, 0.5) is 16.9 Å². The number of nitrogens with one attached hydrogen (secondary N) is 3. The van der Waals surface area contributed by atoms with Gasteiger partial charge in [-0.15, -0.1) is 10.2 Å². The predicted octanol–water partition coefficient (Wildman–Crippen LogP) is 2.63. The Labute approximate surface area is 217 Å². The molecule has 0 radical (unpaired) electrons. The average molecular weight is 525 g/mol. The van der Waals surface area contributed by atoms with Crippen molar-refractivity contribution in [3.8, 4) is 11.4 Å². The molecule has 0 fully saturated rings. The molecule has 0 spiro atoms. The van der Waals surface area contributed by atoms with Crippen molar-refractivity contribution in [2.45, 2.75) is 33.2 Å². The number of esters is 1. The first-order valence-electron chi connectivity index (χ1n) is 11.8. The Morgan fingerprint density at radius 3 is 2.76 bits per heavy atom. The number of aryl methyl sites for hydroxylation is 1. The lowest BCUT2D eigenvalue weighted by Crippen LogP contribution is -2.36. The fraction of sp³-hybridized carbons (Fsp3) is 0.348. The number of H-pyrrole nitrogens is 1. The summed E-state index contributed by atoms with van der Waals surface area (Å²) in [5.74, 6) is 1.11. The van der Waals surface area contributed by atoms with Crippen LogP contribution in [-0.4, -0.2) is 66.4 Å². The average Bonchev–Trinajstić information content (AvgIpc) is 3.58. The molecule has 0 aliphatic rings. The zero-order valence-corrected chi connectivity index (χ0v) is 21.3. The number of benzene rings is 1. The van der Waals surface area contributed by atoms with Gasteiger partial charge in [-0.3, -0.25) is 0 Å². The summed E-state index contributed by atoms with van der Waals surface area (Å²) >= 11 is 1.20. The summed E-state index contributed by atoms with van der Waals surface area (Å²) in [5.41, 5.74) is 5.74. The lowest BCUT2D eigenvalue weighted by atomic mass is 10.1. The number of rotatable bonds is 13. The third-order valence-corrected chi connectivity index (χ3v) is 6.29. The first kappa shape index (κ1) is 26.1. The Morgan fingerprint density at radius 2 is 2.03 bits per heavy atom. The van der Waals surface area contributed by atoms with Crippen LogP contribution >= 0.6 is 11.3 Å². The van der Waals surface area contributed by atoms with Crippen LogP contribution in [0.2, 0.25) is 0 Å². The van der Waals surface area contributed by atoms with E-state index in [1.54, 1.807) is 31.1 Å². The Hall–Kier alpha value is -4.01. The quantitative estimate of drug-likeness (QED) is 0.115. The molecule has 194 valence electrons. The second kappa shape index (κ2) is 12.8. The lowest BCUT2D eigenvalue weighted by molar-refractivity contribution is 0.0531. The van der Waals surface area contributed by atoms with Gasteiger partial charge in [-0.1, -0.05) is 35.6 Å². The molecule has 0 aliphatic carbocycles. The smallest absolute Gasteiger partial charge is 0.350 e. The van der Waals surface area contributed by atoms with Crippen molar-refractivity contribution in [2.75, 3.05) is 30.1 Å². The maximum atomic E-state index is 12.3. The van der Waals surface area contributed by atoms with E-state index >= 15 is 0 Å². The van der Waals surface area contributed by atoms with Crippen LogP contribution in [0.5, 0.6) is 0 Å². The van der Waals surface area contributed by atoms with Gasteiger partial charge in [-0.2, -0.15) is 10.2 Å². The monoisotopic (exact) mass is 524 g/mol. The second-order valence-electron chi connectivity index (χ2n) is 7.83. The van der Waals surface area contributed by atoms with E-state index in [0.717, 1.165) is 17.5 Å². The first-order chi connectivity index (χ1) is 18.1. The minimum atomic E-state index is -0.411. The highest BCUT2D eigenvalue weighted by molar-refractivity contribution is 7.17. The van der Waals surface area contributed by atoms with Crippen molar-refractivity contribution in [1.29, 1.82) is 0 Å². The van der Waals surface area contributed by atoms with Gasteiger partial charge in [0.25, 0.3) is 0 Å². The van der Waals surface area contributed by atoms with E-state index in [0.29, 0.717) is 52.8 Å². The molecule has 13 nitrogen and oxygen atoms in total.